The number of benzene rings is 1. The zero-order chi connectivity index (χ0) is 13.4. The van der Waals surface area contributed by atoms with Crippen molar-refractivity contribution in [2.45, 2.75) is 26.4 Å². The summed E-state index contributed by atoms with van der Waals surface area (Å²) in [6.45, 7) is 1.90. The van der Waals surface area contributed by atoms with Gasteiger partial charge in [0.15, 0.2) is 0 Å². The van der Waals surface area contributed by atoms with Crippen molar-refractivity contribution in [3.05, 3.63) is 35.9 Å². The minimum atomic E-state index is -3.86. The zero-order valence-corrected chi connectivity index (χ0v) is 11.1. The number of hydrogen-bond acceptors (Lipinski definition) is 4. The van der Waals surface area contributed by atoms with Crippen molar-refractivity contribution in [2.75, 3.05) is 6.16 Å². The third kappa shape index (κ3) is 5.84. The lowest BCUT2D eigenvalue weighted by Crippen LogP contribution is -2.07. The molecule has 1 unspecified atom stereocenters. The molecule has 0 saturated carbocycles. The molecule has 0 aliphatic carbocycles. The van der Waals surface area contributed by atoms with Crippen molar-refractivity contribution in [3.8, 4) is 0 Å². The fourth-order valence-electron chi connectivity index (χ4n) is 1.26. The average molecular weight is 272 g/mol. The summed E-state index contributed by atoms with van der Waals surface area (Å²) in [6, 6.07) is 9.02. The first kappa shape index (κ1) is 14.7. The Morgan fingerprint density at radius 3 is 2.61 bits per heavy atom. The van der Waals surface area contributed by atoms with Crippen LogP contribution in [-0.2, 0) is 20.4 Å². The van der Waals surface area contributed by atoms with Crippen LogP contribution in [0.1, 0.15) is 25.3 Å². The molecule has 18 heavy (non-hydrogen) atoms. The van der Waals surface area contributed by atoms with E-state index in [-0.39, 0.29) is 12.8 Å². The molecule has 0 radical (unpaired) electrons. The van der Waals surface area contributed by atoms with Crippen LogP contribution in [0, 0.1) is 0 Å². The number of carbonyl (C=O) groups excluding carboxylic acids is 1. The molecule has 0 saturated heterocycles. The summed E-state index contributed by atoms with van der Waals surface area (Å²) in [5.74, 6) is 0. The molecule has 0 bridgehead atoms. The second-order valence-corrected chi connectivity index (χ2v) is 5.73. The number of ether oxygens (including phenoxy) is 1. The largest absolute Gasteiger partial charge is 0.515 e. The molecule has 100 valence electrons. The van der Waals surface area contributed by atoms with Gasteiger partial charge in [-0.3, -0.25) is 0 Å². The van der Waals surface area contributed by atoms with Gasteiger partial charge in [0.05, 0.1) is 6.16 Å². The molecule has 0 spiro atoms. The summed E-state index contributed by atoms with van der Waals surface area (Å²) in [5.41, 5.74) is 0.788. The third-order valence-corrected chi connectivity index (χ3v) is 3.53. The van der Waals surface area contributed by atoms with Gasteiger partial charge in [0.2, 0.25) is 0 Å². The minimum Gasteiger partial charge on any atom is -0.429 e. The number of carbonyl (C=O) groups is 1. The maximum Gasteiger partial charge on any atom is 0.515 e. The van der Waals surface area contributed by atoms with Gasteiger partial charge >= 0.3 is 13.8 Å². The van der Waals surface area contributed by atoms with E-state index in [0.29, 0.717) is 6.42 Å². The van der Waals surface area contributed by atoms with E-state index < -0.39 is 13.8 Å². The Bertz CT molecular complexity index is 418. The Kier molecular flexibility index (Phi) is 5.89. The lowest BCUT2D eigenvalue weighted by molar-refractivity contribution is 0.0887. The molecule has 1 aromatic rings. The molecule has 6 heteroatoms. The Hall–Kier alpha value is -1.32. The molecule has 1 rings (SSSR count). The van der Waals surface area contributed by atoms with Gasteiger partial charge in [-0.1, -0.05) is 43.7 Å². The maximum absolute atomic E-state index is 11.4. The van der Waals surface area contributed by atoms with Gasteiger partial charge in [-0.2, -0.15) is 0 Å². The molecule has 0 heterocycles. The Morgan fingerprint density at radius 2 is 2.00 bits per heavy atom. The van der Waals surface area contributed by atoms with Gasteiger partial charge in [0, 0.05) is 0 Å². The Balaban J connectivity index is 2.35. The van der Waals surface area contributed by atoms with Crippen molar-refractivity contribution in [3.63, 3.8) is 0 Å². The summed E-state index contributed by atoms with van der Waals surface area (Å²) >= 11 is 0. The summed E-state index contributed by atoms with van der Waals surface area (Å²) < 4.78 is 20.6. The molecule has 1 aromatic carbocycles. The summed E-state index contributed by atoms with van der Waals surface area (Å²) in [7, 11) is -3.86. The van der Waals surface area contributed by atoms with E-state index in [1.54, 1.807) is 12.1 Å². The summed E-state index contributed by atoms with van der Waals surface area (Å²) in [4.78, 5) is 20.6. The van der Waals surface area contributed by atoms with Crippen molar-refractivity contribution >= 4 is 13.8 Å². The molecule has 5 nitrogen and oxygen atoms in total. The third-order valence-electron chi connectivity index (χ3n) is 2.21. The van der Waals surface area contributed by atoms with E-state index in [1.165, 1.54) is 0 Å². The van der Waals surface area contributed by atoms with Crippen LogP contribution in [-0.4, -0.2) is 17.2 Å². The van der Waals surface area contributed by atoms with Gasteiger partial charge in [-0.25, -0.2) is 9.36 Å². The number of hydrogen-bond donors (Lipinski definition) is 1. The lowest BCUT2D eigenvalue weighted by Gasteiger charge is -2.11. The maximum atomic E-state index is 11.4. The van der Waals surface area contributed by atoms with E-state index >= 15 is 0 Å². The molecular weight excluding hydrogens is 255 g/mol. The van der Waals surface area contributed by atoms with Crippen LogP contribution >= 0.6 is 7.60 Å². The number of unbranched alkanes of at least 4 members (excludes halogenated alkanes) is 1. The predicted octanol–water partition coefficient (Wildman–Crippen LogP) is 3.33. The van der Waals surface area contributed by atoms with Crippen LogP contribution < -0.4 is 0 Å². The van der Waals surface area contributed by atoms with Crippen LogP contribution in [0.4, 0.5) is 4.79 Å². The number of rotatable bonds is 6. The highest BCUT2D eigenvalue weighted by Gasteiger charge is 2.24. The van der Waals surface area contributed by atoms with Crippen molar-refractivity contribution < 1.29 is 23.5 Å². The highest BCUT2D eigenvalue weighted by atomic mass is 31.2. The Labute approximate surface area is 106 Å². The van der Waals surface area contributed by atoms with Gasteiger partial charge in [-0.15, -0.1) is 0 Å². The first-order chi connectivity index (χ1) is 8.53. The fourth-order valence-corrected chi connectivity index (χ4v) is 2.36. The first-order valence-corrected chi connectivity index (χ1v) is 7.52. The van der Waals surface area contributed by atoms with Gasteiger partial charge in [0.25, 0.3) is 0 Å². The van der Waals surface area contributed by atoms with Crippen molar-refractivity contribution in [2.24, 2.45) is 0 Å². The van der Waals surface area contributed by atoms with Crippen LogP contribution in [0.5, 0.6) is 0 Å². The highest BCUT2D eigenvalue weighted by molar-refractivity contribution is 7.53. The van der Waals surface area contributed by atoms with Crippen molar-refractivity contribution in [1.82, 2.24) is 0 Å². The molecule has 1 N–H and O–H groups in total. The second-order valence-electron chi connectivity index (χ2n) is 3.83. The smallest absolute Gasteiger partial charge is 0.429 e. The average Bonchev–Trinajstić information content (AvgIpc) is 2.35. The zero-order valence-electron chi connectivity index (χ0n) is 10.2. The van der Waals surface area contributed by atoms with Gasteiger partial charge in [0.1, 0.15) is 6.61 Å². The molecule has 0 aliphatic rings. The summed E-state index contributed by atoms with van der Waals surface area (Å²) in [6.07, 6.45) is 0.136. The Morgan fingerprint density at radius 1 is 1.33 bits per heavy atom. The van der Waals surface area contributed by atoms with E-state index in [2.05, 4.69) is 4.52 Å². The lowest BCUT2D eigenvalue weighted by atomic mass is 10.2. The van der Waals surface area contributed by atoms with E-state index in [1.807, 2.05) is 25.1 Å². The topological polar surface area (TPSA) is 72.8 Å². The molecule has 0 fully saturated rings. The SMILES string of the molecule is CCCCP(=O)(O)OC(=O)OCc1ccccc1. The standard InChI is InChI=1S/C12H17O5P/c1-2-3-9-18(14,15)17-12(13)16-10-11-7-5-4-6-8-11/h4-8H,2-3,9-10H2,1H3,(H,14,15). The van der Waals surface area contributed by atoms with E-state index in [9.17, 15) is 14.3 Å². The van der Waals surface area contributed by atoms with Crippen LogP contribution in [0.25, 0.3) is 0 Å². The first-order valence-electron chi connectivity index (χ1n) is 5.75. The van der Waals surface area contributed by atoms with E-state index in [0.717, 1.165) is 12.0 Å². The molecule has 0 amide bonds. The second kappa shape index (κ2) is 7.19. The van der Waals surface area contributed by atoms with Crippen LogP contribution in [0.15, 0.2) is 30.3 Å². The van der Waals surface area contributed by atoms with Gasteiger partial charge < -0.3 is 14.2 Å². The van der Waals surface area contributed by atoms with Gasteiger partial charge in [-0.05, 0) is 12.0 Å². The molecule has 0 aliphatic heterocycles. The highest BCUT2D eigenvalue weighted by Crippen LogP contribution is 2.43. The minimum absolute atomic E-state index is 0.0213. The normalized spacial score (nSPS) is 13.7. The van der Waals surface area contributed by atoms with Crippen LogP contribution in [0.2, 0.25) is 0 Å². The molecular formula is C12H17O5P. The van der Waals surface area contributed by atoms with Crippen molar-refractivity contribution in [1.29, 1.82) is 0 Å². The van der Waals surface area contributed by atoms with E-state index in [4.69, 9.17) is 4.74 Å². The quantitative estimate of drug-likeness (QED) is 0.635. The molecule has 1 atom stereocenters. The fraction of sp³-hybridized carbons (Fsp3) is 0.417. The summed E-state index contributed by atoms with van der Waals surface area (Å²) in [5, 5.41) is 0. The predicted molar refractivity (Wildman–Crippen MR) is 67.3 cm³/mol. The monoisotopic (exact) mass is 272 g/mol. The van der Waals surface area contributed by atoms with Crippen LogP contribution in [0.3, 0.4) is 0 Å². The molecule has 0 aromatic heterocycles.